The molecular weight excluding hydrogens is 298 g/mol. The molecule has 1 aromatic carbocycles. The Morgan fingerprint density at radius 2 is 2.00 bits per heavy atom. The topological polar surface area (TPSA) is 76.1 Å². The van der Waals surface area contributed by atoms with Crippen molar-refractivity contribution in [2.24, 2.45) is 0 Å². The Bertz CT molecular complexity index is 581. The number of amides is 1. The number of benzene rings is 1. The third-order valence-corrected chi connectivity index (χ3v) is 4.15. The molecule has 0 spiro atoms. The van der Waals surface area contributed by atoms with Crippen LogP contribution in [0.4, 0.5) is 4.79 Å². The second-order valence-corrected chi connectivity index (χ2v) is 6.07. The zero-order valence-corrected chi connectivity index (χ0v) is 13.9. The summed E-state index contributed by atoms with van der Waals surface area (Å²) in [5.41, 5.74) is 0.831. The van der Waals surface area contributed by atoms with Gasteiger partial charge in [-0.15, -0.1) is 0 Å². The van der Waals surface area contributed by atoms with Crippen molar-refractivity contribution in [2.75, 3.05) is 13.2 Å². The number of carbonyl (C=O) groups is 2. The summed E-state index contributed by atoms with van der Waals surface area (Å²) in [5.74, 6) is -0.617. The minimum absolute atomic E-state index is 0.266. The number of rotatable bonds is 4. The summed E-state index contributed by atoms with van der Waals surface area (Å²) in [4.78, 5) is 24.6. The third kappa shape index (κ3) is 3.47. The SMILES string of the molecule is CCOC(=O)C(C)c1ccc([C@H]2COC(C)(C)N2C(=O)O)cc1. The van der Waals surface area contributed by atoms with E-state index < -0.39 is 11.8 Å². The van der Waals surface area contributed by atoms with E-state index in [0.29, 0.717) is 13.2 Å². The molecule has 1 unspecified atom stereocenters. The van der Waals surface area contributed by atoms with Crippen molar-refractivity contribution in [3.63, 3.8) is 0 Å². The molecular formula is C17H23NO5. The lowest BCUT2D eigenvalue weighted by Gasteiger charge is -2.31. The first kappa shape index (κ1) is 17.3. The second-order valence-electron chi connectivity index (χ2n) is 6.07. The average Bonchev–Trinajstić information content (AvgIpc) is 2.82. The number of carboxylic acid groups (broad SMARTS) is 1. The smallest absolute Gasteiger partial charge is 0.410 e. The van der Waals surface area contributed by atoms with Crippen molar-refractivity contribution >= 4 is 12.1 Å². The van der Waals surface area contributed by atoms with E-state index in [1.807, 2.05) is 24.3 Å². The average molecular weight is 321 g/mol. The Morgan fingerprint density at radius 3 is 2.52 bits per heavy atom. The van der Waals surface area contributed by atoms with Crippen LogP contribution in [0, 0.1) is 0 Å². The van der Waals surface area contributed by atoms with Gasteiger partial charge in [-0.3, -0.25) is 9.69 Å². The Morgan fingerprint density at radius 1 is 1.39 bits per heavy atom. The summed E-state index contributed by atoms with van der Waals surface area (Å²) in [6.45, 7) is 7.69. The highest BCUT2D eigenvalue weighted by Gasteiger charge is 2.44. The standard InChI is InChI=1S/C17H23NO5/c1-5-22-15(19)11(2)12-6-8-13(9-7-12)14-10-23-17(3,4)18(14)16(20)21/h6-9,11,14H,5,10H2,1-4H3,(H,20,21)/t11?,14-/m1/s1. The minimum atomic E-state index is -1.01. The number of hydrogen-bond donors (Lipinski definition) is 1. The van der Waals surface area contributed by atoms with E-state index in [2.05, 4.69) is 0 Å². The van der Waals surface area contributed by atoms with Gasteiger partial charge < -0.3 is 14.6 Å². The van der Waals surface area contributed by atoms with Gasteiger partial charge in [-0.05, 0) is 38.8 Å². The Balaban J connectivity index is 2.20. The second kappa shape index (κ2) is 6.58. The number of nitrogens with zero attached hydrogens (tertiary/aromatic N) is 1. The van der Waals surface area contributed by atoms with Crippen LogP contribution in [0.1, 0.15) is 50.8 Å². The van der Waals surface area contributed by atoms with Crippen molar-refractivity contribution in [2.45, 2.75) is 45.4 Å². The molecule has 1 heterocycles. The minimum Gasteiger partial charge on any atom is -0.466 e. The van der Waals surface area contributed by atoms with E-state index in [-0.39, 0.29) is 17.9 Å². The fraction of sp³-hybridized carbons (Fsp3) is 0.529. The first-order valence-electron chi connectivity index (χ1n) is 7.70. The summed E-state index contributed by atoms with van der Waals surface area (Å²) in [5, 5.41) is 9.44. The molecule has 6 heteroatoms. The molecule has 1 aromatic rings. The molecule has 1 N–H and O–H groups in total. The number of hydrogen-bond acceptors (Lipinski definition) is 4. The molecule has 0 aromatic heterocycles. The molecule has 1 fully saturated rings. The Labute approximate surface area is 136 Å². The lowest BCUT2D eigenvalue weighted by atomic mass is 9.97. The number of ether oxygens (including phenoxy) is 2. The van der Waals surface area contributed by atoms with Crippen LogP contribution in [0.15, 0.2) is 24.3 Å². The van der Waals surface area contributed by atoms with Gasteiger partial charge in [-0.25, -0.2) is 4.79 Å². The molecule has 0 radical (unpaired) electrons. The van der Waals surface area contributed by atoms with Crippen LogP contribution in [0.3, 0.4) is 0 Å². The van der Waals surface area contributed by atoms with Gasteiger partial charge in [-0.1, -0.05) is 24.3 Å². The zero-order valence-electron chi connectivity index (χ0n) is 13.9. The van der Waals surface area contributed by atoms with Crippen molar-refractivity contribution < 1.29 is 24.2 Å². The summed E-state index contributed by atoms with van der Waals surface area (Å²) >= 11 is 0. The summed E-state index contributed by atoms with van der Waals surface area (Å²) in [7, 11) is 0. The molecule has 2 rings (SSSR count). The molecule has 0 aliphatic carbocycles. The largest absolute Gasteiger partial charge is 0.466 e. The molecule has 0 bridgehead atoms. The highest BCUT2D eigenvalue weighted by Crippen LogP contribution is 2.37. The molecule has 126 valence electrons. The monoisotopic (exact) mass is 321 g/mol. The molecule has 1 aliphatic rings. The molecule has 6 nitrogen and oxygen atoms in total. The van der Waals surface area contributed by atoms with Crippen LogP contribution < -0.4 is 0 Å². The fourth-order valence-corrected chi connectivity index (χ4v) is 2.82. The van der Waals surface area contributed by atoms with Gasteiger partial charge in [0.2, 0.25) is 0 Å². The van der Waals surface area contributed by atoms with Gasteiger partial charge in [0.05, 0.1) is 25.2 Å². The van der Waals surface area contributed by atoms with E-state index in [0.717, 1.165) is 11.1 Å². The maximum absolute atomic E-state index is 11.8. The van der Waals surface area contributed by atoms with Crippen LogP contribution >= 0.6 is 0 Å². The number of esters is 1. The molecule has 23 heavy (non-hydrogen) atoms. The van der Waals surface area contributed by atoms with Crippen molar-refractivity contribution in [3.05, 3.63) is 35.4 Å². The molecule has 1 aliphatic heterocycles. The molecule has 1 amide bonds. The maximum Gasteiger partial charge on any atom is 0.410 e. The van der Waals surface area contributed by atoms with Gasteiger partial charge in [0.15, 0.2) is 0 Å². The lowest BCUT2D eigenvalue weighted by molar-refractivity contribution is -0.144. The van der Waals surface area contributed by atoms with Crippen LogP contribution in [-0.4, -0.2) is 41.0 Å². The van der Waals surface area contributed by atoms with Gasteiger partial charge in [0.25, 0.3) is 0 Å². The van der Waals surface area contributed by atoms with Crippen LogP contribution in [-0.2, 0) is 14.3 Å². The highest BCUT2D eigenvalue weighted by molar-refractivity contribution is 5.77. The van der Waals surface area contributed by atoms with Crippen molar-refractivity contribution in [1.29, 1.82) is 0 Å². The predicted molar refractivity (Wildman–Crippen MR) is 84.1 cm³/mol. The van der Waals surface area contributed by atoms with Crippen molar-refractivity contribution in [3.8, 4) is 0 Å². The van der Waals surface area contributed by atoms with E-state index in [1.165, 1.54) is 4.90 Å². The first-order chi connectivity index (χ1) is 10.8. The van der Waals surface area contributed by atoms with Gasteiger partial charge in [-0.2, -0.15) is 0 Å². The van der Waals surface area contributed by atoms with Gasteiger partial charge >= 0.3 is 12.1 Å². The predicted octanol–water partition coefficient (Wildman–Crippen LogP) is 3.14. The van der Waals surface area contributed by atoms with E-state index in [1.54, 1.807) is 27.7 Å². The molecule has 0 saturated carbocycles. The van der Waals surface area contributed by atoms with Crippen LogP contribution in [0.5, 0.6) is 0 Å². The first-order valence-corrected chi connectivity index (χ1v) is 7.70. The van der Waals surface area contributed by atoms with E-state index in [4.69, 9.17) is 9.47 Å². The third-order valence-electron chi connectivity index (χ3n) is 4.15. The maximum atomic E-state index is 11.8. The highest BCUT2D eigenvalue weighted by atomic mass is 16.5. The van der Waals surface area contributed by atoms with Gasteiger partial charge in [0, 0.05) is 0 Å². The summed E-state index contributed by atoms with van der Waals surface area (Å²) in [6.07, 6.45) is -1.01. The van der Waals surface area contributed by atoms with E-state index in [9.17, 15) is 14.7 Å². The number of carbonyl (C=O) groups excluding carboxylic acids is 1. The van der Waals surface area contributed by atoms with Crippen LogP contribution in [0.25, 0.3) is 0 Å². The van der Waals surface area contributed by atoms with Gasteiger partial charge in [0.1, 0.15) is 5.72 Å². The summed E-state index contributed by atoms with van der Waals surface area (Å²) in [6, 6.07) is 7.01. The van der Waals surface area contributed by atoms with Crippen LogP contribution in [0.2, 0.25) is 0 Å². The van der Waals surface area contributed by atoms with E-state index >= 15 is 0 Å². The molecule has 1 saturated heterocycles. The molecule has 2 atom stereocenters. The quantitative estimate of drug-likeness (QED) is 0.862. The summed E-state index contributed by atoms with van der Waals surface area (Å²) < 4.78 is 10.6. The lowest BCUT2D eigenvalue weighted by Crippen LogP contribution is -2.44. The zero-order chi connectivity index (χ0) is 17.2. The Kier molecular flexibility index (Phi) is 4.94. The van der Waals surface area contributed by atoms with Crippen molar-refractivity contribution in [1.82, 2.24) is 4.90 Å². The Hall–Kier alpha value is -2.08. The fourth-order valence-electron chi connectivity index (χ4n) is 2.82. The normalized spacial score (nSPS) is 21.0.